The molecule has 2 aromatic heterocycles. The van der Waals surface area contributed by atoms with Crippen molar-refractivity contribution in [1.29, 1.82) is 0 Å². The van der Waals surface area contributed by atoms with Gasteiger partial charge in [0.25, 0.3) is 0 Å². The molecule has 3 N–H and O–H groups in total. The summed E-state index contributed by atoms with van der Waals surface area (Å²) in [4.78, 5) is 0. The van der Waals surface area contributed by atoms with Crippen molar-refractivity contribution < 1.29 is 5.11 Å². The SMILES string of the molecule is OCCn1cc(CNc2cccc3[nH]ncc23)nn1. The van der Waals surface area contributed by atoms with Crippen LogP contribution in [0.5, 0.6) is 0 Å². The molecular weight excluding hydrogens is 244 g/mol. The molecule has 0 saturated heterocycles. The molecule has 3 aromatic rings. The lowest BCUT2D eigenvalue weighted by Crippen LogP contribution is -2.02. The Morgan fingerprint density at radius 2 is 2.32 bits per heavy atom. The van der Waals surface area contributed by atoms with Gasteiger partial charge in [0.1, 0.15) is 5.69 Å². The number of rotatable bonds is 5. The van der Waals surface area contributed by atoms with Crippen LogP contribution >= 0.6 is 0 Å². The summed E-state index contributed by atoms with van der Waals surface area (Å²) in [6.45, 7) is 1.10. The topological polar surface area (TPSA) is 91.7 Å². The number of hydrogen-bond acceptors (Lipinski definition) is 5. The lowest BCUT2D eigenvalue weighted by Gasteiger charge is -2.04. The summed E-state index contributed by atoms with van der Waals surface area (Å²) in [5, 5.41) is 28.1. The molecule has 7 heteroatoms. The van der Waals surface area contributed by atoms with Gasteiger partial charge in [0.05, 0.1) is 37.6 Å². The molecule has 0 spiro atoms. The van der Waals surface area contributed by atoms with Crippen molar-refractivity contribution in [2.24, 2.45) is 0 Å². The first-order valence-electron chi connectivity index (χ1n) is 6.02. The van der Waals surface area contributed by atoms with Crippen molar-refractivity contribution in [1.82, 2.24) is 25.2 Å². The fourth-order valence-electron chi connectivity index (χ4n) is 1.94. The van der Waals surface area contributed by atoms with Gasteiger partial charge in [-0.25, -0.2) is 4.68 Å². The number of aliphatic hydroxyl groups is 1. The molecule has 2 heterocycles. The molecule has 0 bridgehead atoms. The Labute approximate surface area is 109 Å². The Kier molecular flexibility index (Phi) is 3.11. The van der Waals surface area contributed by atoms with Crippen LogP contribution < -0.4 is 5.32 Å². The minimum atomic E-state index is 0.0601. The summed E-state index contributed by atoms with van der Waals surface area (Å²) in [7, 11) is 0. The Bertz CT molecular complexity index is 673. The van der Waals surface area contributed by atoms with Crippen LogP contribution in [-0.4, -0.2) is 36.9 Å². The molecule has 0 fully saturated rings. The molecule has 0 unspecified atom stereocenters. The van der Waals surface area contributed by atoms with Gasteiger partial charge in [-0.15, -0.1) is 5.10 Å². The molecule has 98 valence electrons. The minimum absolute atomic E-state index is 0.0601. The van der Waals surface area contributed by atoms with Gasteiger partial charge in [-0.2, -0.15) is 5.10 Å². The zero-order chi connectivity index (χ0) is 13.1. The highest BCUT2D eigenvalue weighted by Gasteiger charge is 2.04. The van der Waals surface area contributed by atoms with Crippen LogP contribution in [0.25, 0.3) is 10.9 Å². The van der Waals surface area contributed by atoms with Crippen LogP contribution in [0.1, 0.15) is 5.69 Å². The van der Waals surface area contributed by atoms with Crippen molar-refractivity contribution in [3.63, 3.8) is 0 Å². The van der Waals surface area contributed by atoms with Gasteiger partial charge in [-0.3, -0.25) is 5.10 Å². The number of aliphatic hydroxyl groups excluding tert-OH is 1. The van der Waals surface area contributed by atoms with Crippen LogP contribution in [0.3, 0.4) is 0 Å². The van der Waals surface area contributed by atoms with Crippen molar-refractivity contribution in [2.75, 3.05) is 11.9 Å². The van der Waals surface area contributed by atoms with E-state index in [9.17, 15) is 0 Å². The second-order valence-electron chi connectivity index (χ2n) is 4.19. The second-order valence-corrected chi connectivity index (χ2v) is 4.19. The molecular formula is C12H14N6O. The first kappa shape index (κ1) is 11.7. The molecule has 0 atom stereocenters. The fraction of sp³-hybridized carbons (Fsp3) is 0.250. The van der Waals surface area contributed by atoms with E-state index in [1.165, 1.54) is 0 Å². The maximum absolute atomic E-state index is 8.82. The minimum Gasteiger partial charge on any atom is -0.394 e. The van der Waals surface area contributed by atoms with Gasteiger partial charge in [0.2, 0.25) is 0 Å². The Morgan fingerprint density at radius 3 is 3.21 bits per heavy atom. The van der Waals surface area contributed by atoms with E-state index in [0.29, 0.717) is 13.1 Å². The van der Waals surface area contributed by atoms with Crippen molar-refractivity contribution >= 4 is 16.6 Å². The highest BCUT2D eigenvalue weighted by Crippen LogP contribution is 2.21. The van der Waals surface area contributed by atoms with Crippen LogP contribution in [0.15, 0.2) is 30.6 Å². The normalized spacial score (nSPS) is 11.0. The zero-order valence-electron chi connectivity index (χ0n) is 10.2. The van der Waals surface area contributed by atoms with E-state index in [4.69, 9.17) is 5.11 Å². The third-order valence-electron chi connectivity index (χ3n) is 2.86. The molecule has 0 saturated carbocycles. The number of hydrogen-bond donors (Lipinski definition) is 3. The van der Waals surface area contributed by atoms with Crippen molar-refractivity contribution in [3.8, 4) is 0 Å². The van der Waals surface area contributed by atoms with E-state index in [2.05, 4.69) is 25.8 Å². The number of aromatic amines is 1. The monoisotopic (exact) mass is 258 g/mol. The van der Waals surface area contributed by atoms with E-state index in [0.717, 1.165) is 22.3 Å². The molecule has 0 aliphatic rings. The molecule has 0 aliphatic carbocycles. The summed E-state index contributed by atoms with van der Waals surface area (Å²) >= 11 is 0. The quantitative estimate of drug-likeness (QED) is 0.628. The predicted molar refractivity (Wildman–Crippen MR) is 70.5 cm³/mol. The molecule has 0 aliphatic heterocycles. The van der Waals surface area contributed by atoms with E-state index in [1.54, 1.807) is 10.9 Å². The molecule has 19 heavy (non-hydrogen) atoms. The van der Waals surface area contributed by atoms with Gasteiger partial charge in [-0.05, 0) is 12.1 Å². The second kappa shape index (κ2) is 5.07. The first-order chi connectivity index (χ1) is 9.36. The molecule has 0 radical (unpaired) electrons. The van der Waals surface area contributed by atoms with Gasteiger partial charge >= 0.3 is 0 Å². The van der Waals surface area contributed by atoms with Gasteiger partial charge in [0, 0.05) is 11.1 Å². The maximum Gasteiger partial charge on any atom is 0.102 e. The summed E-state index contributed by atoms with van der Waals surface area (Å²) in [6.07, 6.45) is 3.61. The molecule has 7 nitrogen and oxygen atoms in total. The smallest absolute Gasteiger partial charge is 0.102 e. The van der Waals surface area contributed by atoms with E-state index in [1.807, 2.05) is 24.4 Å². The van der Waals surface area contributed by atoms with Crippen LogP contribution in [0.4, 0.5) is 5.69 Å². The number of nitrogens with one attached hydrogen (secondary N) is 2. The third kappa shape index (κ3) is 2.41. The Hall–Kier alpha value is -2.41. The summed E-state index contributed by atoms with van der Waals surface area (Å²) in [5.74, 6) is 0. The number of nitrogens with zero attached hydrogens (tertiary/aromatic N) is 4. The van der Waals surface area contributed by atoms with Gasteiger partial charge in [0.15, 0.2) is 0 Å². The van der Waals surface area contributed by atoms with Gasteiger partial charge in [-0.1, -0.05) is 11.3 Å². The molecule has 0 amide bonds. The summed E-state index contributed by atoms with van der Waals surface area (Å²) in [5.41, 5.74) is 2.82. The fourth-order valence-corrected chi connectivity index (χ4v) is 1.94. The van der Waals surface area contributed by atoms with E-state index < -0.39 is 0 Å². The van der Waals surface area contributed by atoms with Crippen molar-refractivity contribution in [3.05, 3.63) is 36.3 Å². The summed E-state index contributed by atoms with van der Waals surface area (Å²) < 4.78 is 1.62. The number of H-pyrrole nitrogens is 1. The Balaban J connectivity index is 1.73. The number of aromatic nitrogens is 5. The van der Waals surface area contributed by atoms with E-state index in [-0.39, 0.29) is 6.61 Å². The first-order valence-corrected chi connectivity index (χ1v) is 6.02. The van der Waals surface area contributed by atoms with E-state index >= 15 is 0 Å². The van der Waals surface area contributed by atoms with Gasteiger partial charge < -0.3 is 10.4 Å². The maximum atomic E-state index is 8.82. The van der Waals surface area contributed by atoms with Crippen molar-refractivity contribution in [2.45, 2.75) is 13.1 Å². The van der Waals surface area contributed by atoms with Crippen LogP contribution in [0.2, 0.25) is 0 Å². The number of benzene rings is 1. The summed E-state index contributed by atoms with van der Waals surface area (Å²) in [6, 6.07) is 5.94. The highest BCUT2D eigenvalue weighted by molar-refractivity contribution is 5.90. The zero-order valence-corrected chi connectivity index (χ0v) is 10.2. The van der Waals surface area contributed by atoms with Crippen LogP contribution in [0, 0.1) is 0 Å². The lowest BCUT2D eigenvalue weighted by atomic mass is 10.2. The standard InChI is InChI=1S/C12H14N6O/c19-5-4-18-8-9(15-17-18)6-13-11-2-1-3-12-10(11)7-14-16-12/h1-3,7-8,13,19H,4-6H2,(H,14,16). The van der Waals surface area contributed by atoms with Crippen LogP contribution in [-0.2, 0) is 13.1 Å². The average Bonchev–Trinajstić information content (AvgIpc) is 3.05. The average molecular weight is 258 g/mol. The number of anilines is 1. The number of fused-ring (bicyclic) bond motifs is 1. The lowest BCUT2D eigenvalue weighted by molar-refractivity contribution is 0.268. The third-order valence-corrected chi connectivity index (χ3v) is 2.86. The molecule has 1 aromatic carbocycles. The largest absolute Gasteiger partial charge is 0.394 e. The molecule has 3 rings (SSSR count). The highest BCUT2D eigenvalue weighted by atomic mass is 16.3. The Morgan fingerprint density at radius 1 is 1.37 bits per heavy atom. The predicted octanol–water partition coefficient (Wildman–Crippen LogP) is 0.759.